The molecule has 17 heavy (non-hydrogen) atoms. The Morgan fingerprint density at radius 1 is 1.53 bits per heavy atom. The van der Waals surface area contributed by atoms with Crippen molar-refractivity contribution in [3.63, 3.8) is 0 Å². The number of ether oxygens (including phenoxy) is 1. The molecule has 2 atom stereocenters. The normalized spacial score (nSPS) is 26.6. The fraction of sp³-hybridized carbons (Fsp3) is 0.818. The highest BCUT2D eigenvalue weighted by Gasteiger charge is 2.49. The van der Waals surface area contributed by atoms with E-state index < -0.39 is 0 Å². The maximum absolute atomic E-state index is 5.61. The Labute approximate surface area is 106 Å². The topological polar surface area (TPSA) is 60.2 Å². The molecule has 2 unspecified atom stereocenters. The molecule has 0 amide bonds. The summed E-state index contributed by atoms with van der Waals surface area (Å²) in [6.45, 7) is 4.33. The molecule has 96 valence electrons. The van der Waals surface area contributed by atoms with Crippen molar-refractivity contribution in [1.82, 2.24) is 10.2 Å². The number of nitrogens with zero attached hydrogens (tertiary/aromatic N) is 2. The van der Waals surface area contributed by atoms with Crippen molar-refractivity contribution in [3.05, 3.63) is 5.89 Å². The molecular weight excluding hydrogens is 242 g/mol. The molecule has 0 spiro atoms. The summed E-state index contributed by atoms with van der Waals surface area (Å²) in [4.78, 5) is 0. The van der Waals surface area contributed by atoms with Crippen LogP contribution in [0.15, 0.2) is 4.42 Å². The van der Waals surface area contributed by atoms with E-state index in [1.54, 1.807) is 7.11 Å². The van der Waals surface area contributed by atoms with Crippen LogP contribution in [0.2, 0.25) is 0 Å². The van der Waals surface area contributed by atoms with E-state index in [-0.39, 0.29) is 11.5 Å². The molecule has 1 aromatic rings. The number of halogens is 1. The zero-order valence-electron chi connectivity index (χ0n) is 10.4. The lowest BCUT2D eigenvalue weighted by atomic mass is 9.64. The Kier molecular flexibility index (Phi) is 3.58. The van der Waals surface area contributed by atoms with Crippen LogP contribution < -0.4 is 5.32 Å². The number of hydrogen-bond donors (Lipinski definition) is 1. The first-order valence-electron chi connectivity index (χ1n) is 5.75. The summed E-state index contributed by atoms with van der Waals surface area (Å²) in [5.74, 6) is 1.06. The predicted octanol–water partition coefficient (Wildman–Crippen LogP) is 2.08. The van der Waals surface area contributed by atoms with Crippen LogP contribution in [-0.4, -0.2) is 35.3 Å². The van der Waals surface area contributed by atoms with Gasteiger partial charge in [-0.2, -0.15) is 0 Å². The second-order valence-electron chi connectivity index (χ2n) is 4.92. The van der Waals surface area contributed by atoms with E-state index in [9.17, 15) is 0 Å². The quantitative estimate of drug-likeness (QED) is 0.821. The van der Waals surface area contributed by atoms with Crippen molar-refractivity contribution in [3.8, 4) is 0 Å². The maximum atomic E-state index is 5.61. The highest BCUT2D eigenvalue weighted by Crippen LogP contribution is 2.43. The highest BCUT2D eigenvalue weighted by atomic mass is 35.5. The number of anilines is 1. The van der Waals surface area contributed by atoms with Gasteiger partial charge in [0.05, 0.1) is 6.10 Å². The van der Waals surface area contributed by atoms with Gasteiger partial charge in [-0.15, -0.1) is 16.7 Å². The molecular formula is C11H18ClN3O2. The minimum Gasteiger partial charge on any atom is -0.408 e. The van der Waals surface area contributed by atoms with Gasteiger partial charge in [-0.3, -0.25) is 0 Å². The van der Waals surface area contributed by atoms with Crippen molar-refractivity contribution in [2.75, 3.05) is 18.3 Å². The average molecular weight is 260 g/mol. The van der Waals surface area contributed by atoms with Gasteiger partial charge in [-0.1, -0.05) is 18.9 Å². The molecule has 0 saturated heterocycles. The summed E-state index contributed by atoms with van der Waals surface area (Å²) in [5.41, 5.74) is 0.0792. The molecule has 1 aromatic heterocycles. The van der Waals surface area contributed by atoms with E-state index in [1.807, 2.05) is 0 Å². The molecule has 2 rings (SSSR count). The summed E-state index contributed by atoms with van der Waals surface area (Å²) in [6.07, 6.45) is 1.84. The van der Waals surface area contributed by atoms with Crippen LogP contribution in [0.1, 0.15) is 26.2 Å². The summed E-state index contributed by atoms with van der Waals surface area (Å²) < 4.78 is 10.8. The Bertz CT molecular complexity index is 381. The largest absolute Gasteiger partial charge is 0.408 e. The predicted molar refractivity (Wildman–Crippen MR) is 65.3 cm³/mol. The molecule has 1 heterocycles. The van der Waals surface area contributed by atoms with E-state index in [2.05, 4.69) is 29.4 Å². The van der Waals surface area contributed by atoms with Gasteiger partial charge in [-0.05, 0) is 6.42 Å². The van der Waals surface area contributed by atoms with Gasteiger partial charge in [0.2, 0.25) is 5.89 Å². The zero-order chi connectivity index (χ0) is 12.5. The molecule has 0 bridgehead atoms. The lowest BCUT2D eigenvalue weighted by Crippen LogP contribution is -2.57. The third-order valence-corrected chi connectivity index (χ3v) is 3.72. The summed E-state index contributed by atoms with van der Waals surface area (Å²) in [7, 11) is 1.74. The number of aromatic nitrogens is 2. The Hall–Kier alpha value is -0.810. The van der Waals surface area contributed by atoms with Crippen molar-refractivity contribution >= 4 is 17.6 Å². The van der Waals surface area contributed by atoms with Crippen LogP contribution in [0.3, 0.4) is 0 Å². The van der Waals surface area contributed by atoms with Crippen LogP contribution in [-0.2, 0) is 11.2 Å². The molecule has 1 saturated carbocycles. The summed E-state index contributed by atoms with van der Waals surface area (Å²) in [6, 6.07) is 0.773. The van der Waals surface area contributed by atoms with Crippen LogP contribution in [0.25, 0.3) is 0 Å². The Morgan fingerprint density at radius 2 is 2.29 bits per heavy atom. The van der Waals surface area contributed by atoms with Gasteiger partial charge < -0.3 is 14.5 Å². The third-order valence-electron chi connectivity index (χ3n) is 3.54. The molecule has 1 fully saturated rings. The zero-order valence-corrected chi connectivity index (χ0v) is 11.1. The smallest absolute Gasteiger partial charge is 0.315 e. The molecule has 5 nitrogen and oxygen atoms in total. The van der Waals surface area contributed by atoms with E-state index in [0.717, 1.165) is 6.42 Å². The number of methoxy groups -OCH3 is 1. The summed E-state index contributed by atoms with van der Waals surface area (Å²) >= 11 is 5.61. The molecule has 0 radical (unpaired) electrons. The van der Waals surface area contributed by atoms with Gasteiger partial charge >= 0.3 is 6.01 Å². The molecule has 1 aliphatic rings. The van der Waals surface area contributed by atoms with Crippen LogP contribution in [0, 0.1) is 5.41 Å². The number of rotatable bonds is 5. The number of alkyl halides is 1. The minimum absolute atomic E-state index is 0.0792. The van der Waals surface area contributed by atoms with Gasteiger partial charge in [0.15, 0.2) is 0 Å². The van der Waals surface area contributed by atoms with E-state index in [0.29, 0.717) is 30.2 Å². The third kappa shape index (κ3) is 2.40. The maximum Gasteiger partial charge on any atom is 0.315 e. The number of aryl methyl sites for hydroxylation is 1. The van der Waals surface area contributed by atoms with Crippen LogP contribution >= 0.6 is 11.6 Å². The van der Waals surface area contributed by atoms with E-state index >= 15 is 0 Å². The highest BCUT2D eigenvalue weighted by molar-refractivity contribution is 6.17. The Morgan fingerprint density at radius 3 is 2.88 bits per heavy atom. The van der Waals surface area contributed by atoms with Gasteiger partial charge in [0.1, 0.15) is 0 Å². The fourth-order valence-electron chi connectivity index (χ4n) is 2.17. The molecule has 1 aliphatic carbocycles. The molecule has 1 N–H and O–H groups in total. The molecule has 0 aliphatic heterocycles. The monoisotopic (exact) mass is 259 g/mol. The number of nitrogens with one attached hydrogen (secondary N) is 1. The first-order valence-corrected chi connectivity index (χ1v) is 6.29. The van der Waals surface area contributed by atoms with Gasteiger partial charge in [0, 0.05) is 30.9 Å². The first kappa shape index (κ1) is 12.6. The van der Waals surface area contributed by atoms with Crippen molar-refractivity contribution in [1.29, 1.82) is 0 Å². The van der Waals surface area contributed by atoms with Crippen molar-refractivity contribution in [2.45, 2.75) is 38.8 Å². The van der Waals surface area contributed by atoms with Crippen molar-refractivity contribution < 1.29 is 9.15 Å². The van der Waals surface area contributed by atoms with Gasteiger partial charge in [0.25, 0.3) is 0 Å². The standard InChI is InChI=1S/C11H18ClN3O2/c1-11(2)7(6-8(11)16-3)13-10-15-14-9(17-10)4-5-12/h7-8H,4-6H2,1-3H3,(H,13,15). The van der Waals surface area contributed by atoms with E-state index in [1.165, 1.54) is 0 Å². The lowest BCUT2D eigenvalue weighted by molar-refractivity contribution is -0.0800. The fourth-order valence-corrected chi connectivity index (χ4v) is 2.33. The number of hydrogen-bond acceptors (Lipinski definition) is 5. The molecule has 0 aromatic carbocycles. The SMILES string of the molecule is COC1CC(Nc2nnc(CCCl)o2)C1(C)C. The van der Waals surface area contributed by atoms with Crippen LogP contribution in [0.4, 0.5) is 6.01 Å². The Balaban J connectivity index is 1.93. The van der Waals surface area contributed by atoms with E-state index in [4.69, 9.17) is 20.8 Å². The average Bonchev–Trinajstić information content (AvgIpc) is 2.72. The van der Waals surface area contributed by atoms with Gasteiger partial charge in [-0.25, -0.2) is 0 Å². The second kappa shape index (κ2) is 4.82. The second-order valence-corrected chi connectivity index (χ2v) is 5.30. The molecule has 6 heteroatoms. The first-order chi connectivity index (χ1) is 8.07. The van der Waals surface area contributed by atoms with Crippen molar-refractivity contribution in [2.24, 2.45) is 5.41 Å². The lowest BCUT2D eigenvalue weighted by Gasteiger charge is -2.50. The summed E-state index contributed by atoms with van der Waals surface area (Å²) in [5, 5.41) is 11.1. The minimum atomic E-state index is 0.0792. The van der Waals surface area contributed by atoms with Crippen LogP contribution in [0.5, 0.6) is 0 Å².